The molecule has 1 N–H and O–H groups in total. The molecular formula is C32H38N2. The van der Waals surface area contributed by atoms with Crippen LogP contribution in [0.4, 0.5) is 5.69 Å². The summed E-state index contributed by atoms with van der Waals surface area (Å²) in [5.74, 6) is 0. The summed E-state index contributed by atoms with van der Waals surface area (Å²) in [6.45, 7) is 13.2. The van der Waals surface area contributed by atoms with E-state index in [2.05, 4.69) is 94.2 Å². The van der Waals surface area contributed by atoms with Crippen LogP contribution in [0.2, 0.25) is 0 Å². The minimum absolute atomic E-state index is 0.143. The molecule has 0 aromatic heterocycles. The Labute approximate surface area is 206 Å². The van der Waals surface area contributed by atoms with Crippen molar-refractivity contribution in [2.75, 3.05) is 5.32 Å². The van der Waals surface area contributed by atoms with Gasteiger partial charge < -0.3 is 5.32 Å². The summed E-state index contributed by atoms with van der Waals surface area (Å²) in [5, 5.41) is 12.8. The van der Waals surface area contributed by atoms with Crippen LogP contribution in [0.15, 0.2) is 79.0 Å². The number of benzene rings is 3. The molecule has 3 rings (SSSR count). The molecule has 2 nitrogen and oxygen atoms in total. The quantitative estimate of drug-likeness (QED) is 0.316. The molecule has 34 heavy (non-hydrogen) atoms. The SMILES string of the molecule is C=C(CCC(CCC)(CCC)c1ccc(-c2cccc(C#N)c2)cc1)Nc1cc(C)cc(C)c1. The summed E-state index contributed by atoms with van der Waals surface area (Å²) in [7, 11) is 0. The number of nitriles is 1. The third kappa shape index (κ3) is 6.39. The monoisotopic (exact) mass is 450 g/mol. The highest BCUT2D eigenvalue weighted by molar-refractivity contribution is 5.65. The second-order valence-electron chi connectivity index (χ2n) is 9.66. The molecular weight excluding hydrogens is 412 g/mol. The molecule has 3 aromatic carbocycles. The van der Waals surface area contributed by atoms with Crippen molar-refractivity contribution in [1.29, 1.82) is 5.26 Å². The van der Waals surface area contributed by atoms with Crippen LogP contribution in [0.25, 0.3) is 11.1 Å². The number of nitrogens with one attached hydrogen (secondary N) is 1. The van der Waals surface area contributed by atoms with Gasteiger partial charge in [-0.1, -0.05) is 75.7 Å². The number of hydrogen-bond donors (Lipinski definition) is 1. The lowest BCUT2D eigenvalue weighted by Gasteiger charge is -2.35. The van der Waals surface area contributed by atoms with E-state index in [0.717, 1.165) is 48.2 Å². The number of hydrogen-bond acceptors (Lipinski definition) is 2. The second kappa shape index (κ2) is 11.7. The zero-order valence-corrected chi connectivity index (χ0v) is 21.2. The van der Waals surface area contributed by atoms with Gasteiger partial charge in [-0.2, -0.15) is 5.26 Å². The molecule has 2 heteroatoms. The van der Waals surface area contributed by atoms with Gasteiger partial charge >= 0.3 is 0 Å². The molecule has 0 atom stereocenters. The number of aryl methyl sites for hydroxylation is 2. The van der Waals surface area contributed by atoms with Crippen molar-refractivity contribution >= 4 is 5.69 Å². The first kappa shape index (κ1) is 25.3. The summed E-state index contributed by atoms with van der Waals surface area (Å²) in [6.07, 6.45) is 6.67. The average molecular weight is 451 g/mol. The molecule has 0 spiro atoms. The number of anilines is 1. The Balaban J connectivity index is 1.80. The summed E-state index contributed by atoms with van der Waals surface area (Å²) < 4.78 is 0. The van der Waals surface area contributed by atoms with Gasteiger partial charge in [0.05, 0.1) is 11.6 Å². The van der Waals surface area contributed by atoms with E-state index in [1.807, 2.05) is 18.2 Å². The molecule has 0 saturated heterocycles. The Hall–Kier alpha value is -3.31. The highest BCUT2D eigenvalue weighted by Gasteiger charge is 2.30. The zero-order chi connectivity index (χ0) is 24.6. The number of rotatable bonds is 11. The predicted molar refractivity (Wildman–Crippen MR) is 146 cm³/mol. The molecule has 0 aliphatic rings. The molecule has 0 radical (unpaired) electrons. The van der Waals surface area contributed by atoms with Crippen LogP contribution in [0.1, 0.15) is 74.6 Å². The van der Waals surface area contributed by atoms with Gasteiger partial charge in [0, 0.05) is 11.4 Å². The summed E-state index contributed by atoms with van der Waals surface area (Å²) >= 11 is 0. The van der Waals surface area contributed by atoms with Crippen LogP contribution >= 0.6 is 0 Å². The van der Waals surface area contributed by atoms with Gasteiger partial charge in [-0.15, -0.1) is 0 Å². The van der Waals surface area contributed by atoms with Crippen LogP contribution < -0.4 is 5.32 Å². The van der Waals surface area contributed by atoms with Crippen LogP contribution in [-0.4, -0.2) is 0 Å². The molecule has 0 unspecified atom stereocenters. The highest BCUT2D eigenvalue weighted by atomic mass is 14.9. The maximum atomic E-state index is 9.24. The predicted octanol–water partition coefficient (Wildman–Crippen LogP) is 9.09. The van der Waals surface area contributed by atoms with E-state index in [9.17, 15) is 5.26 Å². The Kier molecular flexibility index (Phi) is 8.72. The van der Waals surface area contributed by atoms with E-state index in [1.54, 1.807) is 0 Å². The summed E-state index contributed by atoms with van der Waals surface area (Å²) in [5.41, 5.74) is 9.23. The smallest absolute Gasteiger partial charge is 0.0991 e. The number of allylic oxidation sites excluding steroid dienone is 1. The highest BCUT2D eigenvalue weighted by Crippen LogP contribution is 2.40. The maximum Gasteiger partial charge on any atom is 0.0991 e. The molecule has 0 bridgehead atoms. The van der Waals surface area contributed by atoms with Gasteiger partial charge in [0.2, 0.25) is 0 Å². The molecule has 0 aliphatic heterocycles. The summed E-state index contributed by atoms with van der Waals surface area (Å²) in [4.78, 5) is 0. The largest absolute Gasteiger partial charge is 0.359 e. The van der Waals surface area contributed by atoms with Crippen molar-refractivity contribution in [1.82, 2.24) is 0 Å². The van der Waals surface area contributed by atoms with Crippen LogP contribution in [0, 0.1) is 25.2 Å². The van der Waals surface area contributed by atoms with Gasteiger partial charge in [-0.05, 0) is 97.0 Å². The Morgan fingerprint density at radius 3 is 2.09 bits per heavy atom. The van der Waals surface area contributed by atoms with E-state index in [0.29, 0.717) is 5.56 Å². The van der Waals surface area contributed by atoms with Crippen LogP contribution in [-0.2, 0) is 5.41 Å². The molecule has 3 aromatic rings. The molecule has 0 heterocycles. The standard InChI is InChI=1S/C32H38N2/c1-6-16-32(17-7-2,18-15-26(5)34-31-20-24(3)19-25(4)21-31)30-13-11-28(12-14-30)29-10-8-9-27(22-29)23-33/h8-14,19-22,34H,5-7,15-18H2,1-4H3. The van der Waals surface area contributed by atoms with Gasteiger partial charge in [-0.3, -0.25) is 0 Å². The first-order valence-electron chi connectivity index (χ1n) is 12.5. The molecule has 0 fully saturated rings. The Morgan fingerprint density at radius 2 is 1.50 bits per heavy atom. The average Bonchev–Trinajstić information content (AvgIpc) is 2.82. The van der Waals surface area contributed by atoms with Crippen molar-refractivity contribution < 1.29 is 0 Å². The van der Waals surface area contributed by atoms with Crippen molar-refractivity contribution in [3.05, 3.63) is 101 Å². The minimum atomic E-state index is 0.143. The normalized spacial score (nSPS) is 11.1. The van der Waals surface area contributed by atoms with Crippen LogP contribution in [0.5, 0.6) is 0 Å². The fraction of sp³-hybridized carbons (Fsp3) is 0.344. The Bertz CT molecular complexity index is 1120. The minimum Gasteiger partial charge on any atom is -0.359 e. The van der Waals surface area contributed by atoms with E-state index in [-0.39, 0.29) is 5.41 Å². The van der Waals surface area contributed by atoms with Crippen molar-refractivity contribution in [3.8, 4) is 17.2 Å². The van der Waals surface area contributed by atoms with Crippen molar-refractivity contribution in [3.63, 3.8) is 0 Å². The molecule has 0 saturated carbocycles. The van der Waals surface area contributed by atoms with Crippen molar-refractivity contribution in [2.24, 2.45) is 0 Å². The van der Waals surface area contributed by atoms with Gasteiger partial charge in [-0.25, -0.2) is 0 Å². The molecule has 0 amide bonds. The van der Waals surface area contributed by atoms with E-state index >= 15 is 0 Å². The number of nitrogens with zero attached hydrogens (tertiary/aromatic N) is 1. The first-order valence-corrected chi connectivity index (χ1v) is 12.5. The first-order chi connectivity index (χ1) is 16.4. The third-order valence-electron chi connectivity index (χ3n) is 6.73. The van der Waals surface area contributed by atoms with Crippen molar-refractivity contribution in [2.45, 2.75) is 71.6 Å². The molecule has 0 aliphatic carbocycles. The maximum absolute atomic E-state index is 9.24. The molecule has 176 valence electrons. The lowest BCUT2D eigenvalue weighted by Crippen LogP contribution is -2.26. The Morgan fingerprint density at radius 1 is 0.853 bits per heavy atom. The topological polar surface area (TPSA) is 35.8 Å². The van der Waals surface area contributed by atoms with Gasteiger partial charge in [0.25, 0.3) is 0 Å². The van der Waals surface area contributed by atoms with E-state index < -0.39 is 0 Å². The van der Waals surface area contributed by atoms with Gasteiger partial charge in [0.15, 0.2) is 0 Å². The van der Waals surface area contributed by atoms with Gasteiger partial charge in [0.1, 0.15) is 0 Å². The fourth-order valence-corrected chi connectivity index (χ4v) is 5.25. The third-order valence-corrected chi connectivity index (χ3v) is 6.73. The van der Waals surface area contributed by atoms with E-state index in [1.165, 1.54) is 29.5 Å². The fourth-order valence-electron chi connectivity index (χ4n) is 5.25. The zero-order valence-electron chi connectivity index (χ0n) is 21.2. The van der Waals surface area contributed by atoms with Crippen LogP contribution in [0.3, 0.4) is 0 Å². The summed E-state index contributed by atoms with van der Waals surface area (Å²) in [6, 6.07) is 25.7. The lowest BCUT2D eigenvalue weighted by molar-refractivity contribution is 0.330. The lowest BCUT2D eigenvalue weighted by atomic mass is 9.70. The van der Waals surface area contributed by atoms with E-state index in [4.69, 9.17) is 0 Å². The second-order valence-corrected chi connectivity index (χ2v) is 9.66.